The van der Waals surface area contributed by atoms with Crippen LogP contribution < -0.4 is 10.2 Å². The normalized spacial score (nSPS) is 17.2. The van der Waals surface area contributed by atoms with Gasteiger partial charge in [-0.05, 0) is 17.5 Å². The quantitative estimate of drug-likeness (QED) is 0.901. The van der Waals surface area contributed by atoms with Crippen LogP contribution in [0.3, 0.4) is 0 Å². The molecule has 0 aliphatic carbocycles. The van der Waals surface area contributed by atoms with Gasteiger partial charge in [0.15, 0.2) is 0 Å². The molecule has 1 saturated heterocycles. The van der Waals surface area contributed by atoms with Crippen molar-refractivity contribution in [3.05, 3.63) is 30.3 Å². The molecule has 0 radical (unpaired) electrons. The molecule has 0 spiro atoms. The zero-order valence-electron chi connectivity index (χ0n) is 15.0. The van der Waals surface area contributed by atoms with Gasteiger partial charge in [-0.1, -0.05) is 39.0 Å². The SMILES string of the molecule is CC(C)(C)[C@H](C#N)NC(=O)CCN1CCN(c2ccccc2)CC1. The molecule has 2 rings (SSSR count). The first-order valence-electron chi connectivity index (χ1n) is 8.61. The number of carbonyl (C=O) groups is 1. The summed E-state index contributed by atoms with van der Waals surface area (Å²) in [7, 11) is 0. The summed E-state index contributed by atoms with van der Waals surface area (Å²) < 4.78 is 0. The van der Waals surface area contributed by atoms with E-state index < -0.39 is 6.04 Å². The van der Waals surface area contributed by atoms with Gasteiger partial charge in [-0.25, -0.2) is 0 Å². The van der Waals surface area contributed by atoms with Gasteiger partial charge in [0.1, 0.15) is 6.04 Å². The summed E-state index contributed by atoms with van der Waals surface area (Å²) in [6, 6.07) is 12.2. The summed E-state index contributed by atoms with van der Waals surface area (Å²) in [6.07, 6.45) is 0.444. The third-order valence-corrected chi connectivity index (χ3v) is 4.45. The first kappa shape index (κ1) is 18.3. The molecule has 0 bridgehead atoms. The van der Waals surface area contributed by atoms with Gasteiger partial charge in [0, 0.05) is 44.8 Å². The lowest BCUT2D eigenvalue weighted by Crippen LogP contribution is -2.48. The Balaban J connectivity index is 1.73. The van der Waals surface area contributed by atoms with Gasteiger partial charge in [0.25, 0.3) is 0 Å². The highest BCUT2D eigenvalue weighted by Crippen LogP contribution is 2.19. The topological polar surface area (TPSA) is 59.4 Å². The van der Waals surface area contributed by atoms with Crippen molar-refractivity contribution in [2.24, 2.45) is 5.41 Å². The Morgan fingerprint density at radius 2 is 1.83 bits per heavy atom. The summed E-state index contributed by atoms with van der Waals surface area (Å²) in [5, 5.41) is 12.0. The minimum atomic E-state index is -0.445. The van der Waals surface area contributed by atoms with Crippen molar-refractivity contribution in [3.63, 3.8) is 0 Å². The lowest BCUT2D eigenvalue weighted by atomic mass is 9.87. The minimum Gasteiger partial charge on any atom is -0.369 e. The van der Waals surface area contributed by atoms with Gasteiger partial charge < -0.3 is 10.2 Å². The number of benzene rings is 1. The minimum absolute atomic E-state index is 0.0398. The summed E-state index contributed by atoms with van der Waals surface area (Å²) in [6.45, 7) is 10.5. The van der Waals surface area contributed by atoms with Gasteiger partial charge in [-0.3, -0.25) is 9.69 Å². The van der Waals surface area contributed by atoms with Crippen LogP contribution in [0, 0.1) is 16.7 Å². The highest BCUT2D eigenvalue weighted by atomic mass is 16.1. The lowest BCUT2D eigenvalue weighted by Gasteiger charge is -2.36. The number of amides is 1. The Morgan fingerprint density at radius 3 is 2.38 bits per heavy atom. The van der Waals surface area contributed by atoms with Gasteiger partial charge in [0.2, 0.25) is 5.91 Å². The fraction of sp³-hybridized carbons (Fsp3) is 0.579. The summed E-state index contributed by atoms with van der Waals surface area (Å²) >= 11 is 0. The number of anilines is 1. The number of para-hydroxylation sites is 1. The first-order chi connectivity index (χ1) is 11.4. The van der Waals surface area contributed by atoms with Gasteiger partial charge in [0.05, 0.1) is 6.07 Å². The van der Waals surface area contributed by atoms with E-state index in [9.17, 15) is 10.1 Å². The zero-order valence-corrected chi connectivity index (χ0v) is 15.0. The molecular weight excluding hydrogens is 300 g/mol. The molecular formula is C19H28N4O. The van der Waals surface area contributed by atoms with E-state index in [4.69, 9.17) is 0 Å². The Hall–Kier alpha value is -2.06. The number of nitrogens with zero attached hydrogens (tertiary/aromatic N) is 3. The molecule has 0 aromatic heterocycles. The highest BCUT2D eigenvalue weighted by Gasteiger charge is 2.26. The van der Waals surface area contributed by atoms with E-state index in [-0.39, 0.29) is 11.3 Å². The molecule has 5 nitrogen and oxygen atoms in total. The summed E-state index contributed by atoms with van der Waals surface area (Å²) in [5.41, 5.74) is 1.02. The summed E-state index contributed by atoms with van der Waals surface area (Å²) in [4.78, 5) is 16.8. The molecule has 1 atom stereocenters. The number of hydrogen-bond acceptors (Lipinski definition) is 4. The molecule has 5 heteroatoms. The zero-order chi connectivity index (χ0) is 17.6. The molecule has 1 aliphatic rings. The third-order valence-electron chi connectivity index (χ3n) is 4.45. The van der Waals surface area contributed by atoms with E-state index in [2.05, 4.69) is 45.5 Å². The van der Waals surface area contributed by atoms with E-state index in [0.717, 1.165) is 32.7 Å². The standard InChI is InChI=1S/C19H28N4O/c1-19(2,3)17(15-20)21-18(24)9-10-22-11-13-23(14-12-22)16-7-5-4-6-8-16/h4-8,17H,9-14H2,1-3H3,(H,21,24)/t17-/m0/s1. The monoisotopic (exact) mass is 328 g/mol. The second-order valence-corrected chi connectivity index (χ2v) is 7.41. The van der Waals surface area contributed by atoms with Crippen LogP contribution in [0.25, 0.3) is 0 Å². The number of nitriles is 1. The second-order valence-electron chi connectivity index (χ2n) is 7.41. The maximum atomic E-state index is 12.1. The van der Waals surface area contributed by atoms with Crippen molar-refractivity contribution in [1.29, 1.82) is 5.26 Å². The van der Waals surface area contributed by atoms with Crippen LogP contribution in [-0.4, -0.2) is 49.6 Å². The molecule has 0 unspecified atom stereocenters. The second kappa shape index (κ2) is 8.16. The maximum absolute atomic E-state index is 12.1. The largest absolute Gasteiger partial charge is 0.369 e. The molecule has 1 fully saturated rings. The van der Waals surface area contributed by atoms with E-state index >= 15 is 0 Å². The first-order valence-corrected chi connectivity index (χ1v) is 8.61. The van der Waals surface area contributed by atoms with Gasteiger partial charge in [-0.2, -0.15) is 5.26 Å². The molecule has 1 heterocycles. The van der Waals surface area contributed by atoms with Gasteiger partial charge in [-0.15, -0.1) is 0 Å². The van der Waals surface area contributed by atoms with Crippen LogP contribution in [0.15, 0.2) is 30.3 Å². The van der Waals surface area contributed by atoms with Crippen LogP contribution in [0.4, 0.5) is 5.69 Å². The molecule has 130 valence electrons. The van der Waals surface area contributed by atoms with Crippen molar-refractivity contribution in [2.75, 3.05) is 37.6 Å². The molecule has 1 aromatic carbocycles. The molecule has 1 N–H and O–H groups in total. The third kappa shape index (κ3) is 5.24. The Labute approximate surface area is 145 Å². The number of piperazine rings is 1. The van der Waals surface area contributed by atoms with Crippen LogP contribution in [0.2, 0.25) is 0 Å². The van der Waals surface area contributed by atoms with E-state index in [1.165, 1.54) is 5.69 Å². The van der Waals surface area contributed by atoms with E-state index in [0.29, 0.717) is 6.42 Å². The Kier molecular flexibility index (Phi) is 6.22. The Morgan fingerprint density at radius 1 is 1.21 bits per heavy atom. The van der Waals surface area contributed by atoms with Crippen molar-refractivity contribution in [2.45, 2.75) is 33.2 Å². The fourth-order valence-corrected chi connectivity index (χ4v) is 2.80. The number of carbonyl (C=O) groups excluding carboxylic acids is 1. The average molecular weight is 328 g/mol. The molecule has 24 heavy (non-hydrogen) atoms. The van der Waals surface area contributed by atoms with Crippen LogP contribution in [-0.2, 0) is 4.79 Å². The van der Waals surface area contributed by atoms with Crippen molar-refractivity contribution >= 4 is 11.6 Å². The highest BCUT2D eigenvalue weighted by molar-refractivity contribution is 5.76. The Bertz CT molecular complexity index is 565. The van der Waals surface area contributed by atoms with Crippen molar-refractivity contribution in [1.82, 2.24) is 10.2 Å². The molecule has 1 amide bonds. The maximum Gasteiger partial charge on any atom is 0.222 e. The fourth-order valence-electron chi connectivity index (χ4n) is 2.80. The summed E-state index contributed by atoms with van der Waals surface area (Å²) in [5.74, 6) is -0.0398. The predicted octanol–water partition coefficient (Wildman–Crippen LogP) is 2.25. The number of hydrogen-bond donors (Lipinski definition) is 1. The van der Waals surface area contributed by atoms with Crippen LogP contribution in [0.5, 0.6) is 0 Å². The molecule has 0 saturated carbocycles. The predicted molar refractivity (Wildman–Crippen MR) is 96.7 cm³/mol. The van der Waals surface area contributed by atoms with Crippen LogP contribution >= 0.6 is 0 Å². The van der Waals surface area contributed by atoms with Gasteiger partial charge >= 0.3 is 0 Å². The van der Waals surface area contributed by atoms with E-state index in [1.807, 2.05) is 26.8 Å². The number of rotatable bonds is 5. The van der Waals surface area contributed by atoms with Crippen molar-refractivity contribution in [3.8, 4) is 6.07 Å². The van der Waals surface area contributed by atoms with E-state index in [1.54, 1.807) is 0 Å². The lowest BCUT2D eigenvalue weighted by molar-refractivity contribution is -0.122. The number of nitrogens with one attached hydrogen (secondary N) is 1. The van der Waals surface area contributed by atoms with Crippen LogP contribution in [0.1, 0.15) is 27.2 Å². The molecule has 1 aliphatic heterocycles. The average Bonchev–Trinajstić information content (AvgIpc) is 2.58. The molecule has 1 aromatic rings. The smallest absolute Gasteiger partial charge is 0.222 e. The van der Waals surface area contributed by atoms with Crippen molar-refractivity contribution < 1.29 is 4.79 Å².